The average molecular weight is 539 g/mol. The molecule has 0 saturated heterocycles. The number of fused-ring (bicyclic) bond motifs is 2. The van der Waals surface area contributed by atoms with Crippen molar-refractivity contribution in [1.29, 1.82) is 0 Å². The van der Waals surface area contributed by atoms with Gasteiger partial charge in [0.25, 0.3) is 0 Å². The molecule has 0 spiro atoms. The number of aliphatic carboxylic acids is 1. The van der Waals surface area contributed by atoms with Gasteiger partial charge in [-0.25, -0.2) is 4.98 Å². The van der Waals surface area contributed by atoms with E-state index in [4.69, 9.17) is 21.3 Å². The van der Waals surface area contributed by atoms with Gasteiger partial charge < -0.3 is 14.4 Å². The number of pyridine rings is 1. The molecule has 0 unspecified atom stereocenters. The van der Waals surface area contributed by atoms with Crippen molar-refractivity contribution < 1.29 is 14.6 Å². The van der Waals surface area contributed by atoms with Gasteiger partial charge in [-0.3, -0.25) is 4.79 Å². The van der Waals surface area contributed by atoms with Gasteiger partial charge in [-0.1, -0.05) is 48.0 Å². The van der Waals surface area contributed by atoms with Crippen LogP contribution < -0.4 is 4.74 Å². The Balaban J connectivity index is 1.39. The highest BCUT2D eigenvalue weighted by molar-refractivity contribution is 6.30. The molecule has 0 radical (unpaired) electrons. The molecule has 1 aliphatic rings. The van der Waals surface area contributed by atoms with E-state index in [-0.39, 0.29) is 0 Å². The molecule has 2 heterocycles. The summed E-state index contributed by atoms with van der Waals surface area (Å²) in [7, 11) is 0. The molecule has 1 N–H and O–H groups in total. The minimum Gasteiger partial charge on any atom is -0.487 e. The molecular weight excluding hydrogens is 508 g/mol. The van der Waals surface area contributed by atoms with Gasteiger partial charge in [-0.05, 0) is 86.2 Å². The first kappa shape index (κ1) is 25.4. The highest BCUT2D eigenvalue weighted by Gasteiger charge is 2.36. The summed E-state index contributed by atoms with van der Waals surface area (Å²) >= 11 is 6.15. The lowest BCUT2D eigenvalue weighted by Crippen LogP contribution is -2.28. The lowest BCUT2D eigenvalue weighted by Gasteiger charge is -2.22. The minimum absolute atomic E-state index is 0.374. The van der Waals surface area contributed by atoms with E-state index < -0.39 is 11.4 Å². The second-order valence-corrected chi connectivity index (χ2v) is 11.6. The molecule has 3 aromatic carbocycles. The largest absolute Gasteiger partial charge is 0.487 e. The van der Waals surface area contributed by atoms with Crippen molar-refractivity contribution in [3.05, 3.63) is 106 Å². The third kappa shape index (κ3) is 5.24. The summed E-state index contributed by atoms with van der Waals surface area (Å²) in [6.07, 6.45) is 2.69. The molecule has 5 aromatic rings. The fraction of sp³-hybridized carbons (Fsp3) is 0.273. The smallest absolute Gasteiger partial charge is 0.309 e. The van der Waals surface area contributed by atoms with Gasteiger partial charge in [0, 0.05) is 40.0 Å². The number of ether oxygens (including phenoxy) is 1. The first-order valence-corrected chi connectivity index (χ1v) is 13.8. The summed E-state index contributed by atoms with van der Waals surface area (Å²) in [4.78, 5) is 16.9. The molecule has 6 rings (SSSR count). The summed E-state index contributed by atoms with van der Waals surface area (Å²) in [5.41, 5.74) is 5.52. The number of benzene rings is 3. The zero-order valence-electron chi connectivity index (χ0n) is 22.2. The van der Waals surface area contributed by atoms with Gasteiger partial charge in [0.05, 0.1) is 16.6 Å². The van der Waals surface area contributed by atoms with E-state index in [0.717, 1.165) is 57.3 Å². The van der Waals surface area contributed by atoms with Crippen molar-refractivity contribution in [2.45, 2.75) is 52.2 Å². The van der Waals surface area contributed by atoms with Crippen molar-refractivity contribution in [3.63, 3.8) is 0 Å². The number of halogens is 1. The number of nitrogens with zero attached hydrogens (tertiary/aromatic N) is 2. The van der Waals surface area contributed by atoms with Crippen molar-refractivity contribution in [3.8, 4) is 5.75 Å². The van der Waals surface area contributed by atoms with Crippen LogP contribution in [0.15, 0.2) is 78.9 Å². The van der Waals surface area contributed by atoms with E-state index in [1.165, 1.54) is 5.56 Å². The molecule has 1 saturated carbocycles. The number of carboxylic acid groups (broad SMARTS) is 1. The van der Waals surface area contributed by atoms with Gasteiger partial charge in [-0.15, -0.1) is 0 Å². The average Bonchev–Trinajstić information content (AvgIpc) is 3.72. The molecule has 198 valence electrons. The number of hydrogen-bond donors (Lipinski definition) is 1. The number of para-hydroxylation sites is 1. The summed E-state index contributed by atoms with van der Waals surface area (Å²) in [5, 5.41) is 12.9. The molecule has 1 aliphatic carbocycles. The highest BCUT2D eigenvalue weighted by Crippen LogP contribution is 2.48. The van der Waals surface area contributed by atoms with Gasteiger partial charge >= 0.3 is 5.97 Å². The van der Waals surface area contributed by atoms with Crippen LogP contribution in [-0.2, 0) is 24.4 Å². The molecule has 0 atom stereocenters. The number of carbonyl (C=O) groups is 1. The van der Waals surface area contributed by atoms with Crippen LogP contribution in [-0.4, -0.2) is 20.6 Å². The minimum atomic E-state index is -0.892. The Hall–Kier alpha value is -3.83. The van der Waals surface area contributed by atoms with Crippen LogP contribution in [0.3, 0.4) is 0 Å². The van der Waals surface area contributed by atoms with Crippen molar-refractivity contribution in [2.75, 3.05) is 0 Å². The zero-order valence-corrected chi connectivity index (χ0v) is 22.9. The van der Waals surface area contributed by atoms with E-state index >= 15 is 0 Å². The number of carboxylic acids is 1. The zero-order chi connectivity index (χ0) is 27.1. The van der Waals surface area contributed by atoms with Crippen LogP contribution in [0.4, 0.5) is 0 Å². The van der Waals surface area contributed by atoms with E-state index in [9.17, 15) is 9.90 Å². The molecular formula is C33H31ClN2O3. The molecule has 6 heteroatoms. The maximum atomic E-state index is 12.2. The van der Waals surface area contributed by atoms with Gasteiger partial charge in [0.2, 0.25) is 0 Å². The molecule has 1 fully saturated rings. The first-order valence-electron chi connectivity index (χ1n) is 13.4. The summed E-state index contributed by atoms with van der Waals surface area (Å²) in [5.74, 6) is 0.433. The molecule has 0 aliphatic heterocycles. The van der Waals surface area contributed by atoms with Crippen LogP contribution in [0.5, 0.6) is 5.75 Å². The third-order valence-electron chi connectivity index (χ3n) is 7.66. The van der Waals surface area contributed by atoms with Gasteiger partial charge in [0.15, 0.2) is 0 Å². The topological polar surface area (TPSA) is 64.4 Å². The van der Waals surface area contributed by atoms with E-state index in [1.54, 1.807) is 13.8 Å². The Morgan fingerprint density at radius 1 is 1.05 bits per heavy atom. The third-order valence-corrected chi connectivity index (χ3v) is 7.91. The van der Waals surface area contributed by atoms with E-state index in [2.05, 4.69) is 28.8 Å². The van der Waals surface area contributed by atoms with Crippen LogP contribution in [0, 0.1) is 5.41 Å². The fourth-order valence-electron chi connectivity index (χ4n) is 5.31. The Morgan fingerprint density at radius 3 is 2.56 bits per heavy atom. The highest BCUT2D eigenvalue weighted by atomic mass is 35.5. The van der Waals surface area contributed by atoms with Crippen molar-refractivity contribution >= 4 is 39.4 Å². The maximum absolute atomic E-state index is 12.2. The Labute approximate surface area is 233 Å². The van der Waals surface area contributed by atoms with Crippen molar-refractivity contribution in [2.24, 2.45) is 5.41 Å². The molecule has 0 bridgehead atoms. The van der Waals surface area contributed by atoms with E-state index in [0.29, 0.717) is 30.5 Å². The predicted molar refractivity (Wildman–Crippen MR) is 156 cm³/mol. The van der Waals surface area contributed by atoms with Crippen molar-refractivity contribution in [1.82, 2.24) is 9.55 Å². The van der Waals surface area contributed by atoms with E-state index in [1.807, 2.05) is 54.6 Å². The normalized spacial score (nSPS) is 13.7. The maximum Gasteiger partial charge on any atom is 0.309 e. The summed E-state index contributed by atoms with van der Waals surface area (Å²) < 4.78 is 8.54. The number of hydrogen-bond acceptors (Lipinski definition) is 3. The first-order chi connectivity index (χ1) is 18.8. The lowest BCUT2D eigenvalue weighted by molar-refractivity contribution is -0.146. The Bertz CT molecular complexity index is 1680. The van der Waals surface area contributed by atoms with Gasteiger partial charge in [0.1, 0.15) is 12.4 Å². The number of aromatic nitrogens is 2. The fourth-order valence-corrected chi connectivity index (χ4v) is 5.44. The van der Waals surface area contributed by atoms with Crippen LogP contribution in [0.2, 0.25) is 5.02 Å². The molecule has 2 aromatic heterocycles. The summed E-state index contributed by atoms with van der Waals surface area (Å²) in [6, 6.07) is 26.2. The van der Waals surface area contributed by atoms with Crippen LogP contribution >= 0.6 is 11.6 Å². The standard InChI is InChI=1S/C33H31ClN2O3/c1-33(2,32(37)38)18-30-31(23-9-10-23)27-17-26(39-20-25-14-11-22-5-3-4-6-28(22)35-25)15-16-29(27)36(30)19-21-7-12-24(34)13-8-21/h3-8,11-17,23H,9-10,18-20H2,1-2H3,(H,37,38). The van der Waals surface area contributed by atoms with Gasteiger partial charge in [-0.2, -0.15) is 0 Å². The second kappa shape index (κ2) is 10.0. The monoisotopic (exact) mass is 538 g/mol. The quantitative estimate of drug-likeness (QED) is 0.206. The molecule has 5 nitrogen and oxygen atoms in total. The van der Waals surface area contributed by atoms with Crippen LogP contribution in [0.25, 0.3) is 21.8 Å². The second-order valence-electron chi connectivity index (χ2n) is 11.2. The number of rotatable bonds is 9. The Kier molecular flexibility index (Phi) is 6.56. The molecule has 39 heavy (non-hydrogen) atoms. The van der Waals surface area contributed by atoms with Crippen LogP contribution in [0.1, 0.15) is 55.1 Å². The summed E-state index contributed by atoms with van der Waals surface area (Å²) in [6.45, 7) is 4.63. The predicted octanol–water partition coefficient (Wildman–Crippen LogP) is 8.00. The Morgan fingerprint density at radius 2 is 1.82 bits per heavy atom. The molecule has 0 amide bonds. The SMILES string of the molecule is CC(C)(Cc1c(C2CC2)c2cc(OCc3ccc4ccccc4n3)ccc2n1Cc1ccc(Cl)cc1)C(=O)O. The lowest BCUT2D eigenvalue weighted by atomic mass is 9.86.